The molecule has 3 aromatic rings. The summed E-state index contributed by atoms with van der Waals surface area (Å²) < 4.78 is 2.22. The minimum absolute atomic E-state index is 0.218. The molecule has 0 aliphatic rings. The first kappa shape index (κ1) is 19.1. The quantitative estimate of drug-likeness (QED) is 0.588. The lowest BCUT2D eigenvalue weighted by Gasteiger charge is -2.10. The average molecular weight is 452 g/mol. The van der Waals surface area contributed by atoms with Gasteiger partial charge in [0.1, 0.15) is 11.2 Å². The number of thioether (sulfide) groups is 1. The van der Waals surface area contributed by atoms with Crippen molar-refractivity contribution in [1.82, 2.24) is 9.66 Å². The van der Waals surface area contributed by atoms with E-state index >= 15 is 0 Å². The Bertz CT molecular complexity index is 1040. The van der Waals surface area contributed by atoms with Gasteiger partial charge in [0.05, 0.1) is 11.1 Å². The van der Waals surface area contributed by atoms with Crippen LogP contribution in [0.2, 0.25) is 0 Å². The molecule has 0 saturated carbocycles. The number of carbonyl (C=O) groups is 1. The molecular weight excluding hydrogens is 434 g/mol. The number of benzene rings is 1. The molecule has 0 unspecified atom stereocenters. The van der Waals surface area contributed by atoms with E-state index in [0.29, 0.717) is 10.2 Å². The molecule has 0 bridgehead atoms. The molecule has 1 aromatic carbocycles. The molecule has 26 heavy (non-hydrogen) atoms. The third-order valence-electron chi connectivity index (χ3n) is 3.91. The molecule has 3 rings (SSSR count). The van der Waals surface area contributed by atoms with Crippen LogP contribution in [0.1, 0.15) is 22.9 Å². The molecular formula is C18H18BrN3O2S2. The van der Waals surface area contributed by atoms with E-state index in [1.54, 1.807) is 0 Å². The van der Waals surface area contributed by atoms with Crippen LogP contribution in [0, 0.1) is 13.8 Å². The largest absolute Gasteiger partial charge is 0.280 e. The van der Waals surface area contributed by atoms with Gasteiger partial charge >= 0.3 is 0 Å². The van der Waals surface area contributed by atoms with Crippen molar-refractivity contribution in [2.75, 3.05) is 11.2 Å². The molecule has 0 atom stereocenters. The van der Waals surface area contributed by atoms with Crippen molar-refractivity contribution in [1.29, 1.82) is 0 Å². The van der Waals surface area contributed by atoms with Gasteiger partial charge in [-0.3, -0.25) is 15.0 Å². The highest BCUT2D eigenvalue weighted by Crippen LogP contribution is 2.28. The third kappa shape index (κ3) is 4.02. The zero-order valence-electron chi connectivity index (χ0n) is 14.6. The Morgan fingerprint density at radius 3 is 2.81 bits per heavy atom. The van der Waals surface area contributed by atoms with Gasteiger partial charge in [0, 0.05) is 14.2 Å². The fourth-order valence-corrected chi connectivity index (χ4v) is 4.73. The number of rotatable bonds is 5. The number of thiophene rings is 1. The van der Waals surface area contributed by atoms with E-state index in [9.17, 15) is 9.59 Å². The molecule has 0 saturated heterocycles. The van der Waals surface area contributed by atoms with Gasteiger partial charge < -0.3 is 0 Å². The molecule has 1 amide bonds. The summed E-state index contributed by atoms with van der Waals surface area (Å²) in [6, 6.07) is 5.94. The first-order chi connectivity index (χ1) is 12.4. The molecule has 0 radical (unpaired) electrons. The Morgan fingerprint density at radius 2 is 2.08 bits per heavy atom. The molecule has 0 fully saturated rings. The first-order valence-electron chi connectivity index (χ1n) is 8.08. The molecule has 1 N–H and O–H groups in total. The zero-order valence-corrected chi connectivity index (χ0v) is 17.8. The summed E-state index contributed by atoms with van der Waals surface area (Å²) >= 11 is 6.46. The van der Waals surface area contributed by atoms with Crippen LogP contribution < -0.4 is 11.0 Å². The summed E-state index contributed by atoms with van der Waals surface area (Å²) in [6.45, 7) is 6.06. The van der Waals surface area contributed by atoms with E-state index in [4.69, 9.17) is 0 Å². The van der Waals surface area contributed by atoms with Crippen molar-refractivity contribution in [3.63, 3.8) is 0 Å². The minimum atomic E-state index is -0.250. The fourth-order valence-electron chi connectivity index (χ4n) is 2.45. The van der Waals surface area contributed by atoms with E-state index in [0.717, 1.165) is 36.5 Å². The van der Waals surface area contributed by atoms with E-state index in [1.807, 2.05) is 32.9 Å². The summed E-state index contributed by atoms with van der Waals surface area (Å²) in [6.07, 6.45) is 2.23. The third-order valence-corrected chi connectivity index (χ3v) is 7.11. The van der Waals surface area contributed by atoms with Crippen molar-refractivity contribution in [3.05, 3.63) is 55.4 Å². The second-order valence-electron chi connectivity index (χ2n) is 5.90. The number of halogens is 1. The second kappa shape index (κ2) is 7.94. The molecule has 0 aliphatic carbocycles. The summed E-state index contributed by atoms with van der Waals surface area (Å²) in [7, 11) is 0. The van der Waals surface area contributed by atoms with Gasteiger partial charge in [0.15, 0.2) is 0 Å². The van der Waals surface area contributed by atoms with E-state index < -0.39 is 0 Å². The number of amides is 1. The van der Waals surface area contributed by atoms with Crippen LogP contribution in [0.3, 0.4) is 0 Å². The highest BCUT2D eigenvalue weighted by Gasteiger charge is 2.11. The van der Waals surface area contributed by atoms with Crippen LogP contribution in [0.25, 0.3) is 10.2 Å². The summed E-state index contributed by atoms with van der Waals surface area (Å²) in [5.74, 6) is -0.0277. The van der Waals surface area contributed by atoms with Crippen molar-refractivity contribution in [3.8, 4) is 0 Å². The summed E-state index contributed by atoms with van der Waals surface area (Å²) in [4.78, 5) is 31.9. The van der Waals surface area contributed by atoms with Crippen LogP contribution in [0.15, 0.2) is 38.7 Å². The van der Waals surface area contributed by atoms with Crippen LogP contribution in [-0.4, -0.2) is 21.3 Å². The number of nitrogens with zero attached hydrogens (tertiary/aromatic N) is 2. The molecule has 0 spiro atoms. The molecule has 2 heterocycles. The predicted octanol–water partition coefficient (Wildman–Crippen LogP) is 4.26. The zero-order chi connectivity index (χ0) is 18.8. The van der Waals surface area contributed by atoms with Gasteiger partial charge in [-0.25, -0.2) is 9.66 Å². The number of aromatic nitrogens is 2. The van der Waals surface area contributed by atoms with E-state index in [1.165, 1.54) is 29.4 Å². The Balaban J connectivity index is 1.72. The SMILES string of the molecule is CCc1cc2c(=O)n(NC(=O)CSc3cc(C)c(Br)cc3C)cnc2s1. The van der Waals surface area contributed by atoms with Crippen LogP contribution >= 0.6 is 39.0 Å². The molecule has 2 aromatic heterocycles. The Labute approximate surface area is 167 Å². The highest BCUT2D eigenvalue weighted by molar-refractivity contribution is 9.10. The molecule has 136 valence electrons. The van der Waals surface area contributed by atoms with Gasteiger partial charge in [-0.1, -0.05) is 22.9 Å². The van der Waals surface area contributed by atoms with Crippen LogP contribution in [0.5, 0.6) is 0 Å². The number of carbonyl (C=O) groups excluding carboxylic acids is 1. The lowest BCUT2D eigenvalue weighted by atomic mass is 10.2. The molecule has 0 aliphatic heterocycles. The summed E-state index contributed by atoms with van der Waals surface area (Å²) in [5.41, 5.74) is 4.59. The van der Waals surface area contributed by atoms with Gasteiger partial charge in [0.2, 0.25) is 5.91 Å². The highest BCUT2D eigenvalue weighted by atomic mass is 79.9. The Morgan fingerprint density at radius 1 is 1.31 bits per heavy atom. The molecule has 5 nitrogen and oxygen atoms in total. The van der Waals surface area contributed by atoms with E-state index in [-0.39, 0.29) is 17.2 Å². The summed E-state index contributed by atoms with van der Waals surface area (Å²) in [5, 5.41) is 0.543. The average Bonchev–Trinajstić information content (AvgIpc) is 3.04. The maximum atomic E-state index is 12.5. The first-order valence-corrected chi connectivity index (χ1v) is 10.7. The standard InChI is InChI=1S/C18H18BrN3O2S2/c1-4-12-7-13-17(26-12)20-9-22(18(13)24)21-16(23)8-25-15-6-10(2)14(19)5-11(15)3/h5-7,9H,4,8H2,1-3H3,(H,21,23). The smallest absolute Gasteiger partial charge is 0.272 e. The maximum absolute atomic E-state index is 12.5. The molecule has 8 heteroatoms. The maximum Gasteiger partial charge on any atom is 0.280 e. The van der Waals surface area contributed by atoms with Gasteiger partial charge in [-0.15, -0.1) is 23.1 Å². The fraction of sp³-hybridized carbons (Fsp3) is 0.278. The number of nitrogens with one attached hydrogen (secondary N) is 1. The van der Waals surface area contributed by atoms with Crippen molar-refractivity contribution < 1.29 is 4.79 Å². The number of fused-ring (bicyclic) bond motifs is 1. The minimum Gasteiger partial charge on any atom is -0.272 e. The Kier molecular flexibility index (Phi) is 5.84. The van der Waals surface area contributed by atoms with Crippen molar-refractivity contribution in [2.45, 2.75) is 32.1 Å². The van der Waals surface area contributed by atoms with E-state index in [2.05, 4.69) is 32.4 Å². The van der Waals surface area contributed by atoms with Gasteiger partial charge in [-0.2, -0.15) is 0 Å². The van der Waals surface area contributed by atoms with Crippen molar-refractivity contribution >= 4 is 55.2 Å². The normalized spacial score (nSPS) is 11.1. The number of aryl methyl sites for hydroxylation is 3. The van der Waals surface area contributed by atoms with Crippen molar-refractivity contribution in [2.24, 2.45) is 0 Å². The number of hydrogen-bond acceptors (Lipinski definition) is 5. The Hall–Kier alpha value is -1.64. The van der Waals surface area contributed by atoms with Gasteiger partial charge in [-0.05, 0) is 49.6 Å². The second-order valence-corrected chi connectivity index (χ2v) is 8.88. The van der Waals surface area contributed by atoms with Crippen LogP contribution in [0.4, 0.5) is 0 Å². The van der Waals surface area contributed by atoms with Crippen LogP contribution in [-0.2, 0) is 11.2 Å². The monoisotopic (exact) mass is 451 g/mol. The lowest BCUT2D eigenvalue weighted by molar-refractivity contribution is -0.114. The lowest BCUT2D eigenvalue weighted by Crippen LogP contribution is -2.33. The van der Waals surface area contributed by atoms with Gasteiger partial charge in [0.25, 0.3) is 5.56 Å². The number of hydrogen-bond donors (Lipinski definition) is 1. The topological polar surface area (TPSA) is 64.0 Å². The predicted molar refractivity (Wildman–Crippen MR) is 112 cm³/mol.